The number of amides is 1. The Morgan fingerprint density at radius 2 is 1.79 bits per heavy atom. The maximum absolute atomic E-state index is 12.9. The average molecular weight is 338 g/mol. The highest BCUT2D eigenvalue weighted by atomic mass is 16.4. The number of aliphatic hydroxyl groups excluding tert-OH is 1. The molecular weight excluding hydrogens is 308 g/mol. The molecule has 1 saturated carbocycles. The molecule has 3 fully saturated rings. The second-order valence-electron chi connectivity index (χ2n) is 7.94. The fourth-order valence-electron chi connectivity index (χ4n) is 4.43. The van der Waals surface area contributed by atoms with Gasteiger partial charge in [-0.1, -0.05) is 12.8 Å². The van der Waals surface area contributed by atoms with Gasteiger partial charge in [-0.3, -0.25) is 9.59 Å². The molecular formula is C18H30N2O4. The Morgan fingerprint density at radius 1 is 1.08 bits per heavy atom. The number of piperidine rings is 2. The summed E-state index contributed by atoms with van der Waals surface area (Å²) in [6.07, 6.45) is 6.17. The van der Waals surface area contributed by atoms with Crippen LogP contribution in [0.1, 0.15) is 44.9 Å². The molecule has 0 unspecified atom stereocenters. The van der Waals surface area contributed by atoms with Crippen molar-refractivity contribution in [2.24, 2.45) is 17.3 Å². The number of hydrogen-bond acceptors (Lipinski definition) is 4. The number of β-amino-alcohol motifs (C(OH)–C–C–N with tert-alkyl or cyclic N) is 1. The van der Waals surface area contributed by atoms with Gasteiger partial charge in [0.05, 0.1) is 12.0 Å². The van der Waals surface area contributed by atoms with E-state index in [9.17, 15) is 14.7 Å². The summed E-state index contributed by atoms with van der Waals surface area (Å²) in [5.74, 6) is 0.00720. The van der Waals surface area contributed by atoms with Crippen molar-refractivity contribution in [2.75, 3.05) is 39.3 Å². The third-order valence-electron chi connectivity index (χ3n) is 6.07. The van der Waals surface area contributed by atoms with E-state index in [0.717, 1.165) is 51.6 Å². The van der Waals surface area contributed by atoms with Gasteiger partial charge in [0, 0.05) is 25.6 Å². The van der Waals surface area contributed by atoms with E-state index < -0.39 is 11.4 Å². The molecule has 136 valence electrons. The number of carbonyl (C=O) groups excluding carboxylic acids is 1. The van der Waals surface area contributed by atoms with Crippen molar-refractivity contribution in [2.45, 2.75) is 44.9 Å². The van der Waals surface area contributed by atoms with Gasteiger partial charge in [0.25, 0.3) is 0 Å². The molecule has 0 spiro atoms. The van der Waals surface area contributed by atoms with Crippen LogP contribution in [0.5, 0.6) is 0 Å². The molecule has 0 aromatic heterocycles. The Kier molecular flexibility index (Phi) is 5.45. The third kappa shape index (κ3) is 3.91. The van der Waals surface area contributed by atoms with Crippen LogP contribution in [-0.4, -0.2) is 71.2 Å². The van der Waals surface area contributed by atoms with Gasteiger partial charge in [-0.15, -0.1) is 0 Å². The monoisotopic (exact) mass is 338 g/mol. The average Bonchev–Trinajstić information content (AvgIpc) is 3.39. The maximum atomic E-state index is 12.9. The van der Waals surface area contributed by atoms with E-state index in [4.69, 9.17) is 5.11 Å². The van der Waals surface area contributed by atoms with E-state index in [1.165, 1.54) is 0 Å². The van der Waals surface area contributed by atoms with Crippen molar-refractivity contribution in [3.8, 4) is 0 Å². The number of aliphatic hydroxyl groups is 1. The van der Waals surface area contributed by atoms with Gasteiger partial charge in [0.15, 0.2) is 0 Å². The highest BCUT2D eigenvalue weighted by molar-refractivity contribution is 5.81. The largest absolute Gasteiger partial charge is 0.481 e. The molecule has 6 nitrogen and oxygen atoms in total. The predicted octanol–water partition coefficient (Wildman–Crippen LogP) is 1.18. The quantitative estimate of drug-likeness (QED) is 0.760. The van der Waals surface area contributed by atoms with Crippen LogP contribution in [0.15, 0.2) is 0 Å². The maximum Gasteiger partial charge on any atom is 0.311 e. The molecule has 0 aromatic rings. The Hall–Kier alpha value is -1.14. The number of carboxylic acid groups (broad SMARTS) is 1. The van der Waals surface area contributed by atoms with Crippen molar-refractivity contribution < 1.29 is 19.8 Å². The Bertz CT molecular complexity index is 472. The lowest BCUT2D eigenvalue weighted by Gasteiger charge is -2.42. The zero-order valence-corrected chi connectivity index (χ0v) is 14.5. The SMILES string of the molecule is O=C(C1CCN(CCO)CC1)N1CCC[C@@](CC2CC2)(C(=O)O)C1. The van der Waals surface area contributed by atoms with E-state index >= 15 is 0 Å². The summed E-state index contributed by atoms with van der Waals surface area (Å²) in [7, 11) is 0. The molecule has 2 aliphatic heterocycles. The minimum atomic E-state index is -0.718. The molecule has 0 bridgehead atoms. The standard InChI is InChI=1S/C18H30N2O4/c21-11-10-19-8-4-15(5-9-19)16(22)20-7-1-6-18(13-20,17(23)24)12-14-2-3-14/h14-15,21H,1-13H2,(H,23,24)/t18-/m0/s1. The lowest BCUT2D eigenvalue weighted by atomic mass is 9.75. The zero-order valence-electron chi connectivity index (χ0n) is 14.5. The van der Waals surface area contributed by atoms with Crippen molar-refractivity contribution >= 4 is 11.9 Å². The number of likely N-dealkylation sites (tertiary alicyclic amines) is 2. The minimum Gasteiger partial charge on any atom is -0.481 e. The van der Waals surface area contributed by atoms with E-state index in [2.05, 4.69) is 4.90 Å². The summed E-state index contributed by atoms with van der Waals surface area (Å²) in [4.78, 5) is 28.9. The molecule has 24 heavy (non-hydrogen) atoms. The van der Waals surface area contributed by atoms with Gasteiger partial charge in [-0.25, -0.2) is 0 Å². The lowest BCUT2D eigenvalue weighted by Crippen LogP contribution is -2.52. The second-order valence-corrected chi connectivity index (χ2v) is 7.94. The predicted molar refractivity (Wildman–Crippen MR) is 89.5 cm³/mol. The normalized spacial score (nSPS) is 29.6. The number of hydrogen-bond donors (Lipinski definition) is 2. The van der Waals surface area contributed by atoms with E-state index in [-0.39, 0.29) is 18.4 Å². The molecule has 1 amide bonds. The fourth-order valence-corrected chi connectivity index (χ4v) is 4.43. The van der Waals surface area contributed by atoms with Crippen LogP contribution in [-0.2, 0) is 9.59 Å². The lowest BCUT2D eigenvalue weighted by molar-refractivity contribution is -0.157. The first kappa shape index (κ1) is 17.7. The Balaban J connectivity index is 1.59. The summed E-state index contributed by atoms with van der Waals surface area (Å²) in [6, 6.07) is 0. The smallest absolute Gasteiger partial charge is 0.311 e. The molecule has 0 radical (unpaired) electrons. The fraction of sp³-hybridized carbons (Fsp3) is 0.889. The minimum absolute atomic E-state index is 0.0189. The van der Waals surface area contributed by atoms with E-state index in [1.807, 2.05) is 4.90 Å². The number of carbonyl (C=O) groups is 2. The number of carboxylic acids is 1. The second kappa shape index (κ2) is 7.40. The van der Waals surface area contributed by atoms with Crippen LogP contribution >= 0.6 is 0 Å². The summed E-state index contributed by atoms with van der Waals surface area (Å²) in [6.45, 7) is 3.62. The topological polar surface area (TPSA) is 81.1 Å². The van der Waals surface area contributed by atoms with Gasteiger partial charge in [0.2, 0.25) is 5.91 Å². The van der Waals surface area contributed by atoms with Crippen molar-refractivity contribution in [1.29, 1.82) is 0 Å². The van der Waals surface area contributed by atoms with E-state index in [1.54, 1.807) is 0 Å². The van der Waals surface area contributed by atoms with Crippen LogP contribution in [0.25, 0.3) is 0 Å². The first-order valence-corrected chi connectivity index (χ1v) is 9.39. The van der Waals surface area contributed by atoms with Gasteiger partial charge in [0.1, 0.15) is 0 Å². The van der Waals surface area contributed by atoms with Crippen molar-refractivity contribution in [1.82, 2.24) is 9.80 Å². The summed E-state index contributed by atoms with van der Waals surface area (Å²) in [5.41, 5.74) is -0.716. The number of rotatable bonds is 6. The van der Waals surface area contributed by atoms with Gasteiger partial charge >= 0.3 is 5.97 Å². The Labute approximate surface area is 143 Å². The number of nitrogens with zero attached hydrogens (tertiary/aromatic N) is 2. The van der Waals surface area contributed by atoms with Gasteiger partial charge in [-0.05, 0) is 51.1 Å². The zero-order chi connectivity index (χ0) is 17.2. The molecule has 6 heteroatoms. The molecule has 2 saturated heterocycles. The highest BCUT2D eigenvalue weighted by Gasteiger charge is 2.47. The van der Waals surface area contributed by atoms with E-state index in [0.29, 0.717) is 32.0 Å². The van der Waals surface area contributed by atoms with Crippen LogP contribution in [0, 0.1) is 17.3 Å². The molecule has 2 heterocycles. The molecule has 3 aliphatic rings. The molecule has 0 aromatic carbocycles. The van der Waals surface area contributed by atoms with Crippen LogP contribution in [0.4, 0.5) is 0 Å². The Morgan fingerprint density at radius 3 is 2.38 bits per heavy atom. The first-order chi connectivity index (χ1) is 11.5. The van der Waals surface area contributed by atoms with Crippen molar-refractivity contribution in [3.63, 3.8) is 0 Å². The van der Waals surface area contributed by atoms with Gasteiger partial charge < -0.3 is 20.0 Å². The van der Waals surface area contributed by atoms with Crippen LogP contribution in [0.2, 0.25) is 0 Å². The molecule has 3 rings (SSSR count). The molecule has 2 N–H and O–H groups in total. The summed E-state index contributed by atoms with van der Waals surface area (Å²) >= 11 is 0. The summed E-state index contributed by atoms with van der Waals surface area (Å²) in [5, 5.41) is 18.8. The molecule has 1 aliphatic carbocycles. The summed E-state index contributed by atoms with van der Waals surface area (Å²) < 4.78 is 0. The van der Waals surface area contributed by atoms with Crippen LogP contribution < -0.4 is 0 Å². The number of aliphatic carboxylic acids is 1. The third-order valence-corrected chi connectivity index (χ3v) is 6.07. The first-order valence-electron chi connectivity index (χ1n) is 9.39. The van der Waals surface area contributed by atoms with Gasteiger partial charge in [-0.2, -0.15) is 0 Å². The van der Waals surface area contributed by atoms with Crippen LogP contribution in [0.3, 0.4) is 0 Å². The van der Waals surface area contributed by atoms with Crippen molar-refractivity contribution in [3.05, 3.63) is 0 Å². The highest BCUT2D eigenvalue weighted by Crippen LogP contribution is 2.45. The molecule has 1 atom stereocenters.